The van der Waals surface area contributed by atoms with Crippen molar-refractivity contribution < 1.29 is 26.8 Å². The summed E-state index contributed by atoms with van der Waals surface area (Å²) >= 11 is 5.65. The summed E-state index contributed by atoms with van der Waals surface area (Å²) in [6.07, 6.45) is -4.08. The van der Waals surface area contributed by atoms with Crippen LogP contribution in [0.25, 0.3) is 11.0 Å². The van der Waals surface area contributed by atoms with Gasteiger partial charge in [0.15, 0.2) is 5.76 Å². The molecule has 2 rings (SSSR count). The Morgan fingerprint density at radius 1 is 1.28 bits per heavy atom. The summed E-state index contributed by atoms with van der Waals surface area (Å²) in [4.78, 5) is 11.2. The van der Waals surface area contributed by atoms with Gasteiger partial charge < -0.3 is 4.42 Å². The maximum absolute atomic E-state index is 12.8. The smallest absolute Gasteiger partial charge is 0.372 e. The topological polar surface area (TPSA) is 30.2 Å². The Morgan fingerprint density at radius 3 is 2.56 bits per heavy atom. The minimum Gasteiger partial charge on any atom is -0.453 e. The van der Waals surface area contributed by atoms with Gasteiger partial charge in [0.2, 0.25) is 0 Å². The molecule has 18 heavy (non-hydrogen) atoms. The van der Waals surface area contributed by atoms with Gasteiger partial charge in [-0.3, -0.25) is 4.79 Å². The van der Waals surface area contributed by atoms with Crippen molar-refractivity contribution in [3.05, 3.63) is 35.0 Å². The molecule has 0 bridgehead atoms. The molecule has 0 fully saturated rings. The van der Waals surface area contributed by atoms with Crippen LogP contribution in [0.1, 0.15) is 10.6 Å². The number of hydrogen-bond acceptors (Lipinski definition) is 2. The van der Waals surface area contributed by atoms with Gasteiger partial charge in [-0.25, -0.2) is 8.78 Å². The average molecular weight is 281 g/mol. The van der Waals surface area contributed by atoms with E-state index in [0.29, 0.717) is 5.02 Å². The predicted molar refractivity (Wildman–Crippen MR) is 56.5 cm³/mol. The van der Waals surface area contributed by atoms with Crippen LogP contribution in [0.15, 0.2) is 28.7 Å². The van der Waals surface area contributed by atoms with E-state index in [1.807, 2.05) is 0 Å². The van der Waals surface area contributed by atoms with Crippen molar-refractivity contribution in [2.45, 2.75) is 12.3 Å². The van der Waals surface area contributed by atoms with Crippen LogP contribution in [0.5, 0.6) is 0 Å². The second kappa shape index (κ2) is 4.28. The number of fused-ring (bicyclic) bond motifs is 1. The van der Waals surface area contributed by atoms with Gasteiger partial charge in [-0.1, -0.05) is 11.6 Å². The van der Waals surface area contributed by atoms with Crippen molar-refractivity contribution in [1.82, 2.24) is 0 Å². The van der Waals surface area contributed by atoms with Crippen LogP contribution in [0.4, 0.5) is 17.6 Å². The molecule has 7 heteroatoms. The molecule has 1 aromatic carbocycles. The van der Waals surface area contributed by atoms with Gasteiger partial charge in [0, 0.05) is 10.4 Å². The zero-order chi connectivity index (χ0) is 13.5. The maximum Gasteiger partial charge on any atom is 0.372 e. The second-order valence-corrected chi connectivity index (χ2v) is 3.98. The first-order valence-corrected chi connectivity index (χ1v) is 5.10. The minimum atomic E-state index is -4.77. The first-order chi connectivity index (χ1) is 8.32. The number of rotatable bonds is 3. The van der Waals surface area contributed by atoms with Gasteiger partial charge in [-0.15, -0.1) is 0 Å². The fourth-order valence-electron chi connectivity index (χ4n) is 1.39. The van der Waals surface area contributed by atoms with Crippen molar-refractivity contribution in [3.8, 4) is 0 Å². The fourth-order valence-corrected chi connectivity index (χ4v) is 1.57. The Kier molecular flexibility index (Phi) is 3.06. The Bertz CT molecular complexity index is 606. The number of ketones is 1. The lowest BCUT2D eigenvalue weighted by atomic mass is 10.1. The van der Waals surface area contributed by atoms with Crippen LogP contribution in [0.2, 0.25) is 5.02 Å². The molecular weight excluding hydrogens is 276 g/mol. The molecule has 0 amide bonds. The quantitative estimate of drug-likeness (QED) is 0.624. The summed E-state index contributed by atoms with van der Waals surface area (Å²) in [7, 11) is 0. The van der Waals surface area contributed by atoms with E-state index in [1.165, 1.54) is 18.2 Å². The molecule has 0 aliphatic carbocycles. The first-order valence-electron chi connectivity index (χ1n) is 4.72. The molecule has 0 atom stereocenters. The number of carbonyl (C=O) groups is 1. The summed E-state index contributed by atoms with van der Waals surface area (Å²) in [6.45, 7) is 0. The van der Waals surface area contributed by atoms with E-state index in [9.17, 15) is 22.4 Å². The molecule has 0 unspecified atom stereocenters. The monoisotopic (exact) mass is 280 g/mol. The Morgan fingerprint density at radius 2 is 1.94 bits per heavy atom. The zero-order valence-electron chi connectivity index (χ0n) is 8.59. The van der Waals surface area contributed by atoms with Crippen LogP contribution in [0, 0.1) is 0 Å². The normalized spacial score (nSPS) is 12.3. The molecule has 0 saturated heterocycles. The number of Topliss-reactive ketones (excluding diaryl/α,β-unsaturated/α-hetero) is 1. The largest absolute Gasteiger partial charge is 0.453 e. The number of hydrogen-bond donors (Lipinski definition) is 0. The number of furan rings is 1. The molecular formula is C11H5ClF4O2. The molecule has 96 valence electrons. The predicted octanol–water partition coefficient (Wildman–Crippen LogP) is 4.17. The molecule has 1 aromatic heterocycles. The van der Waals surface area contributed by atoms with Gasteiger partial charge in [0.05, 0.1) is 0 Å². The summed E-state index contributed by atoms with van der Waals surface area (Å²) in [5.74, 6) is -7.64. The highest BCUT2D eigenvalue weighted by Gasteiger charge is 2.50. The third-order valence-electron chi connectivity index (χ3n) is 2.28. The van der Waals surface area contributed by atoms with Crippen LogP contribution in [0.3, 0.4) is 0 Å². The number of carbonyl (C=O) groups excluding carboxylic acids is 1. The SMILES string of the molecule is O=C(c1cc2cc(Cl)ccc2o1)C(F)(F)C(F)F. The van der Waals surface area contributed by atoms with Gasteiger partial charge in [0.25, 0.3) is 5.78 Å². The van der Waals surface area contributed by atoms with E-state index in [2.05, 4.69) is 0 Å². The third kappa shape index (κ3) is 2.08. The number of alkyl halides is 4. The highest BCUT2D eigenvalue weighted by molar-refractivity contribution is 6.31. The van der Waals surface area contributed by atoms with Crippen molar-refractivity contribution in [3.63, 3.8) is 0 Å². The molecule has 0 spiro atoms. The van der Waals surface area contributed by atoms with Crippen molar-refractivity contribution in [2.24, 2.45) is 0 Å². The summed E-state index contributed by atoms with van der Waals surface area (Å²) < 4.78 is 54.6. The molecule has 0 N–H and O–H groups in total. The molecule has 1 heterocycles. The average Bonchev–Trinajstić information content (AvgIpc) is 2.70. The molecule has 0 aliphatic heterocycles. The van der Waals surface area contributed by atoms with Crippen molar-refractivity contribution in [1.29, 1.82) is 0 Å². The van der Waals surface area contributed by atoms with E-state index in [4.69, 9.17) is 16.0 Å². The van der Waals surface area contributed by atoms with E-state index >= 15 is 0 Å². The van der Waals surface area contributed by atoms with Crippen LogP contribution in [-0.2, 0) is 0 Å². The Labute approximate surface area is 103 Å². The minimum absolute atomic E-state index is 0.118. The van der Waals surface area contributed by atoms with Gasteiger partial charge in [0.1, 0.15) is 5.58 Å². The number of benzene rings is 1. The first kappa shape index (κ1) is 12.9. The highest BCUT2D eigenvalue weighted by Crippen LogP contribution is 2.30. The lowest BCUT2D eigenvalue weighted by molar-refractivity contribution is -0.0968. The van der Waals surface area contributed by atoms with E-state index in [-0.39, 0.29) is 11.0 Å². The molecule has 0 saturated carbocycles. The van der Waals surface area contributed by atoms with Gasteiger partial charge >= 0.3 is 12.3 Å². The van der Waals surface area contributed by atoms with Crippen molar-refractivity contribution >= 4 is 28.4 Å². The van der Waals surface area contributed by atoms with Crippen LogP contribution < -0.4 is 0 Å². The lowest BCUT2D eigenvalue weighted by Gasteiger charge is -2.11. The van der Waals surface area contributed by atoms with Crippen LogP contribution >= 0.6 is 11.6 Å². The standard InChI is InChI=1S/C11H5ClF4O2/c12-6-1-2-7-5(3-6)4-8(18-7)9(17)11(15,16)10(13)14/h1-4,10H. The summed E-state index contributed by atoms with van der Waals surface area (Å²) in [5, 5.41) is 0.596. The summed E-state index contributed by atoms with van der Waals surface area (Å²) in [5.41, 5.74) is 0.118. The molecule has 2 aromatic rings. The van der Waals surface area contributed by atoms with E-state index in [0.717, 1.165) is 6.07 Å². The third-order valence-corrected chi connectivity index (χ3v) is 2.51. The van der Waals surface area contributed by atoms with Crippen LogP contribution in [-0.4, -0.2) is 18.1 Å². The maximum atomic E-state index is 12.8. The second-order valence-electron chi connectivity index (χ2n) is 3.55. The summed E-state index contributed by atoms with van der Waals surface area (Å²) in [6, 6.07) is 5.11. The Hall–Kier alpha value is -1.56. The van der Waals surface area contributed by atoms with Crippen molar-refractivity contribution in [2.75, 3.05) is 0 Å². The van der Waals surface area contributed by atoms with E-state index in [1.54, 1.807) is 0 Å². The van der Waals surface area contributed by atoms with Gasteiger partial charge in [-0.2, -0.15) is 8.78 Å². The van der Waals surface area contributed by atoms with Gasteiger partial charge in [-0.05, 0) is 24.3 Å². The zero-order valence-corrected chi connectivity index (χ0v) is 9.35. The molecule has 2 nitrogen and oxygen atoms in total. The molecule has 0 radical (unpaired) electrons. The Balaban J connectivity index is 2.46. The highest BCUT2D eigenvalue weighted by atomic mass is 35.5. The number of halogens is 5. The molecule has 0 aliphatic rings. The fraction of sp³-hybridized carbons (Fsp3) is 0.182. The van der Waals surface area contributed by atoms with E-state index < -0.39 is 23.9 Å². The lowest BCUT2D eigenvalue weighted by Crippen LogP contribution is -2.36.